The van der Waals surface area contributed by atoms with Crippen molar-refractivity contribution in [2.24, 2.45) is 5.10 Å². The molecule has 0 radical (unpaired) electrons. The Morgan fingerprint density at radius 2 is 1.96 bits per heavy atom. The molecule has 2 aromatic rings. The molecule has 0 saturated carbocycles. The van der Waals surface area contributed by atoms with Gasteiger partial charge in [0.2, 0.25) is 0 Å². The van der Waals surface area contributed by atoms with Crippen LogP contribution in [-0.4, -0.2) is 29.6 Å². The molecule has 1 heterocycles. The lowest BCUT2D eigenvalue weighted by Crippen LogP contribution is -2.32. The van der Waals surface area contributed by atoms with Gasteiger partial charge < -0.3 is 10.1 Å². The third kappa shape index (κ3) is 5.53. The fraction of sp³-hybridized carbons (Fsp3) is 0.176. The zero-order valence-electron chi connectivity index (χ0n) is 13.2. The van der Waals surface area contributed by atoms with Crippen LogP contribution < -0.4 is 15.5 Å². The number of aromatic nitrogens is 1. The van der Waals surface area contributed by atoms with Crippen molar-refractivity contribution < 1.29 is 14.3 Å². The number of carbonyl (C=O) groups is 2. The molecule has 0 spiro atoms. The maximum Gasteiger partial charge on any atom is 0.329 e. The van der Waals surface area contributed by atoms with Gasteiger partial charge in [0, 0.05) is 6.20 Å². The number of anilines is 1. The average Bonchev–Trinajstić information content (AvgIpc) is 2.61. The highest BCUT2D eigenvalue weighted by molar-refractivity contribution is 6.39. The Morgan fingerprint density at radius 1 is 1.17 bits per heavy atom. The zero-order valence-corrected chi connectivity index (χ0v) is 13.2. The van der Waals surface area contributed by atoms with Gasteiger partial charge in [0.1, 0.15) is 11.6 Å². The van der Waals surface area contributed by atoms with Gasteiger partial charge in [0.15, 0.2) is 0 Å². The highest BCUT2D eigenvalue weighted by atomic mass is 16.5. The molecule has 2 amide bonds. The van der Waals surface area contributed by atoms with Crippen LogP contribution >= 0.6 is 0 Å². The molecule has 7 nitrogen and oxygen atoms in total. The largest absolute Gasteiger partial charge is 0.494 e. The summed E-state index contributed by atoms with van der Waals surface area (Å²) in [5.41, 5.74) is 2.93. The molecule has 0 aliphatic carbocycles. The van der Waals surface area contributed by atoms with Crippen LogP contribution in [0.15, 0.2) is 53.8 Å². The van der Waals surface area contributed by atoms with Crippen LogP contribution in [-0.2, 0) is 9.59 Å². The molecule has 0 saturated heterocycles. The van der Waals surface area contributed by atoms with Gasteiger partial charge in [-0.05, 0) is 48.4 Å². The second-order valence-electron chi connectivity index (χ2n) is 4.79. The molecule has 1 aromatic heterocycles. The topological polar surface area (TPSA) is 92.7 Å². The highest BCUT2D eigenvalue weighted by Gasteiger charge is 2.12. The number of pyridine rings is 1. The van der Waals surface area contributed by atoms with Gasteiger partial charge in [0.05, 0.1) is 12.8 Å². The van der Waals surface area contributed by atoms with E-state index >= 15 is 0 Å². The fourth-order valence-electron chi connectivity index (χ4n) is 1.70. The van der Waals surface area contributed by atoms with E-state index in [4.69, 9.17) is 4.74 Å². The quantitative estimate of drug-likeness (QED) is 0.482. The number of hydrogen-bond donors (Lipinski definition) is 2. The molecule has 24 heavy (non-hydrogen) atoms. The Bertz CT molecular complexity index is 700. The van der Waals surface area contributed by atoms with Gasteiger partial charge in [-0.25, -0.2) is 10.4 Å². The Morgan fingerprint density at radius 3 is 2.62 bits per heavy atom. The number of benzene rings is 1. The van der Waals surface area contributed by atoms with E-state index in [0.29, 0.717) is 12.4 Å². The number of nitrogens with zero attached hydrogens (tertiary/aromatic N) is 2. The summed E-state index contributed by atoms with van der Waals surface area (Å²) in [6, 6.07) is 12.2. The molecule has 124 valence electrons. The summed E-state index contributed by atoms with van der Waals surface area (Å²) in [5.74, 6) is -0.647. The lowest BCUT2D eigenvalue weighted by molar-refractivity contribution is -0.136. The van der Waals surface area contributed by atoms with Gasteiger partial charge in [-0.3, -0.25) is 9.59 Å². The lowest BCUT2D eigenvalue weighted by Gasteiger charge is -2.04. The summed E-state index contributed by atoms with van der Waals surface area (Å²) in [6.45, 7) is 2.70. The smallest absolute Gasteiger partial charge is 0.329 e. The zero-order chi connectivity index (χ0) is 17.2. The second kappa shape index (κ2) is 9.04. The van der Waals surface area contributed by atoms with E-state index in [2.05, 4.69) is 20.8 Å². The molecule has 0 aliphatic heterocycles. The predicted molar refractivity (Wildman–Crippen MR) is 90.8 cm³/mol. The van der Waals surface area contributed by atoms with Gasteiger partial charge in [-0.2, -0.15) is 5.10 Å². The highest BCUT2D eigenvalue weighted by Crippen LogP contribution is 2.11. The number of amides is 2. The average molecular weight is 326 g/mol. The molecule has 7 heteroatoms. The van der Waals surface area contributed by atoms with Crippen LogP contribution in [0.5, 0.6) is 5.75 Å². The molecule has 0 fully saturated rings. The molecule has 0 unspecified atom stereocenters. The molecule has 2 N–H and O–H groups in total. The first-order valence-corrected chi connectivity index (χ1v) is 7.47. The molecular weight excluding hydrogens is 308 g/mol. The summed E-state index contributed by atoms with van der Waals surface area (Å²) in [5, 5.41) is 6.11. The van der Waals surface area contributed by atoms with E-state index in [1.54, 1.807) is 30.3 Å². The van der Waals surface area contributed by atoms with Crippen molar-refractivity contribution in [3.8, 4) is 5.75 Å². The molecular formula is C17H18N4O3. The van der Waals surface area contributed by atoms with Crippen molar-refractivity contribution in [3.63, 3.8) is 0 Å². The monoisotopic (exact) mass is 326 g/mol. The van der Waals surface area contributed by atoms with E-state index in [9.17, 15) is 9.59 Å². The first kappa shape index (κ1) is 17.1. The number of rotatable bonds is 6. The molecule has 1 aromatic carbocycles. The molecule has 0 atom stereocenters. The van der Waals surface area contributed by atoms with Crippen molar-refractivity contribution in [1.82, 2.24) is 10.4 Å². The first-order valence-electron chi connectivity index (χ1n) is 7.47. The number of hydrazone groups is 1. The maximum atomic E-state index is 11.6. The summed E-state index contributed by atoms with van der Waals surface area (Å²) >= 11 is 0. The van der Waals surface area contributed by atoms with Crippen LogP contribution in [0.4, 0.5) is 5.82 Å². The number of carbonyl (C=O) groups excluding carboxylic acids is 2. The number of hydrogen-bond acceptors (Lipinski definition) is 5. The summed E-state index contributed by atoms with van der Waals surface area (Å²) < 4.78 is 5.47. The van der Waals surface area contributed by atoms with Crippen LogP contribution in [0.3, 0.4) is 0 Å². The minimum Gasteiger partial charge on any atom is -0.494 e. The van der Waals surface area contributed by atoms with Gasteiger partial charge in [-0.15, -0.1) is 0 Å². The van der Waals surface area contributed by atoms with Crippen molar-refractivity contribution >= 4 is 23.8 Å². The fourth-order valence-corrected chi connectivity index (χ4v) is 1.70. The summed E-state index contributed by atoms with van der Waals surface area (Å²) in [6.07, 6.45) is 3.89. The van der Waals surface area contributed by atoms with E-state index in [1.807, 2.05) is 19.1 Å². The second-order valence-corrected chi connectivity index (χ2v) is 4.79. The van der Waals surface area contributed by atoms with Crippen molar-refractivity contribution in [3.05, 3.63) is 54.2 Å². The predicted octanol–water partition coefficient (Wildman–Crippen LogP) is 1.96. The van der Waals surface area contributed by atoms with Crippen LogP contribution in [0.1, 0.15) is 18.9 Å². The lowest BCUT2D eigenvalue weighted by atomic mass is 10.2. The van der Waals surface area contributed by atoms with E-state index in [0.717, 1.165) is 17.7 Å². The van der Waals surface area contributed by atoms with Gasteiger partial charge in [-0.1, -0.05) is 13.0 Å². The van der Waals surface area contributed by atoms with E-state index in [1.165, 1.54) is 12.4 Å². The van der Waals surface area contributed by atoms with Crippen LogP contribution in [0.25, 0.3) is 0 Å². The van der Waals surface area contributed by atoms with Crippen molar-refractivity contribution in [2.75, 3.05) is 11.9 Å². The number of ether oxygens (including phenoxy) is 1. The summed E-state index contributed by atoms with van der Waals surface area (Å²) in [4.78, 5) is 27.2. The third-order valence-corrected chi connectivity index (χ3v) is 2.85. The Hall–Kier alpha value is -3.22. The normalized spacial score (nSPS) is 10.4. The minimum absolute atomic E-state index is 0.296. The maximum absolute atomic E-state index is 11.6. The molecule has 0 bridgehead atoms. The first-order chi connectivity index (χ1) is 11.7. The third-order valence-electron chi connectivity index (χ3n) is 2.85. The van der Waals surface area contributed by atoms with Crippen LogP contribution in [0.2, 0.25) is 0 Å². The number of nitrogens with one attached hydrogen (secondary N) is 2. The van der Waals surface area contributed by atoms with E-state index < -0.39 is 11.8 Å². The summed E-state index contributed by atoms with van der Waals surface area (Å²) in [7, 11) is 0. The standard InChI is InChI=1S/C17H18N4O3/c1-2-11-24-14-8-6-13(7-9-14)12-19-21-17(23)16(22)20-15-5-3-4-10-18-15/h3-10,12H,2,11H2,1H3,(H,21,23)(H,18,20,22)/b19-12+. The van der Waals surface area contributed by atoms with Crippen molar-refractivity contribution in [1.29, 1.82) is 0 Å². The Labute approximate surface area is 139 Å². The van der Waals surface area contributed by atoms with Gasteiger partial charge in [0.25, 0.3) is 0 Å². The minimum atomic E-state index is -0.875. The Kier molecular flexibility index (Phi) is 6.46. The Balaban J connectivity index is 1.82. The van der Waals surface area contributed by atoms with Crippen molar-refractivity contribution in [2.45, 2.75) is 13.3 Å². The van der Waals surface area contributed by atoms with Gasteiger partial charge >= 0.3 is 11.8 Å². The van der Waals surface area contributed by atoms with E-state index in [-0.39, 0.29) is 0 Å². The molecule has 2 rings (SSSR count). The van der Waals surface area contributed by atoms with Crippen LogP contribution in [0, 0.1) is 0 Å². The SMILES string of the molecule is CCCOc1ccc(/C=N/NC(=O)C(=O)Nc2ccccn2)cc1. The molecule has 0 aliphatic rings.